The van der Waals surface area contributed by atoms with Gasteiger partial charge >= 0.3 is 0 Å². The monoisotopic (exact) mass is 418 g/mol. The quantitative estimate of drug-likeness (QED) is 0.742. The number of hydrogen-bond acceptors (Lipinski definition) is 4. The second-order valence-electron chi connectivity index (χ2n) is 6.60. The number of rotatable bonds is 6. The van der Waals surface area contributed by atoms with Gasteiger partial charge in [0.25, 0.3) is 0 Å². The summed E-state index contributed by atoms with van der Waals surface area (Å²) in [5, 5.41) is 7.36. The van der Waals surface area contributed by atoms with Gasteiger partial charge in [0.2, 0.25) is 0 Å². The lowest BCUT2D eigenvalue weighted by Crippen LogP contribution is -2.51. The molecule has 4 atom stereocenters. The molecule has 0 radical (unpaired) electrons. The maximum absolute atomic E-state index is 6.04. The summed E-state index contributed by atoms with van der Waals surface area (Å²) in [6, 6.07) is 9.09. The molecule has 1 saturated heterocycles. The van der Waals surface area contributed by atoms with Crippen molar-refractivity contribution in [2.24, 2.45) is 5.92 Å². The van der Waals surface area contributed by atoms with Crippen LogP contribution in [-0.2, 0) is 4.74 Å². The van der Waals surface area contributed by atoms with E-state index in [-0.39, 0.29) is 18.5 Å². The lowest BCUT2D eigenvalue weighted by Gasteiger charge is -2.33. The van der Waals surface area contributed by atoms with Crippen molar-refractivity contribution in [2.75, 3.05) is 26.3 Å². The first kappa shape index (κ1) is 20.0. The molecule has 1 saturated carbocycles. The van der Waals surface area contributed by atoms with Gasteiger partial charge < -0.3 is 20.1 Å². The highest BCUT2D eigenvalue weighted by Gasteiger charge is 2.34. The molecule has 1 aliphatic carbocycles. The first-order chi connectivity index (χ1) is 11.2. The van der Waals surface area contributed by atoms with E-state index in [2.05, 4.69) is 33.5 Å². The van der Waals surface area contributed by atoms with Crippen LogP contribution in [0.5, 0.6) is 5.75 Å². The van der Waals surface area contributed by atoms with Gasteiger partial charge in [-0.1, -0.05) is 18.6 Å². The number of ether oxygens (including phenoxy) is 2. The summed E-state index contributed by atoms with van der Waals surface area (Å²) in [4.78, 5) is 0. The van der Waals surface area contributed by atoms with E-state index in [0.29, 0.717) is 18.0 Å². The Balaban J connectivity index is 0.00000208. The summed E-state index contributed by atoms with van der Waals surface area (Å²) < 4.78 is 12.7. The van der Waals surface area contributed by atoms with E-state index in [9.17, 15) is 0 Å². The Hall–Kier alpha value is -0.330. The highest BCUT2D eigenvalue weighted by molar-refractivity contribution is 9.10. The number of para-hydroxylation sites is 1. The third kappa shape index (κ3) is 5.33. The maximum atomic E-state index is 6.04. The molecule has 136 valence electrons. The Morgan fingerprint density at radius 3 is 2.96 bits per heavy atom. The van der Waals surface area contributed by atoms with E-state index in [1.54, 1.807) is 0 Å². The fraction of sp³-hybridized carbons (Fsp3) is 0.667. The molecule has 0 bridgehead atoms. The molecular formula is C18H28BrClN2O2. The van der Waals surface area contributed by atoms with Gasteiger partial charge in [0, 0.05) is 25.2 Å². The van der Waals surface area contributed by atoms with E-state index in [1.165, 1.54) is 19.3 Å². The van der Waals surface area contributed by atoms with Gasteiger partial charge in [0.15, 0.2) is 0 Å². The van der Waals surface area contributed by atoms with E-state index >= 15 is 0 Å². The number of hydrogen-bond donors (Lipinski definition) is 2. The fourth-order valence-electron chi connectivity index (χ4n) is 3.70. The molecule has 1 heterocycles. The molecule has 0 aromatic heterocycles. The lowest BCUT2D eigenvalue weighted by molar-refractivity contribution is 0.0518. The third-order valence-corrected chi connectivity index (χ3v) is 5.52. The maximum Gasteiger partial charge on any atom is 0.133 e. The normalized spacial score (nSPS) is 28.2. The second kappa shape index (κ2) is 9.97. The van der Waals surface area contributed by atoms with E-state index in [4.69, 9.17) is 9.47 Å². The molecule has 4 nitrogen and oxygen atoms in total. The van der Waals surface area contributed by atoms with Gasteiger partial charge in [-0.15, -0.1) is 12.4 Å². The van der Waals surface area contributed by atoms with E-state index < -0.39 is 0 Å². The Labute approximate surface area is 159 Å². The van der Waals surface area contributed by atoms with Crippen LogP contribution in [0.2, 0.25) is 0 Å². The molecule has 6 heteroatoms. The minimum atomic E-state index is 0. The van der Waals surface area contributed by atoms with Crippen LogP contribution >= 0.6 is 28.3 Å². The van der Waals surface area contributed by atoms with Crippen molar-refractivity contribution in [3.8, 4) is 5.75 Å². The van der Waals surface area contributed by atoms with Crippen molar-refractivity contribution in [3.05, 3.63) is 28.7 Å². The van der Waals surface area contributed by atoms with E-state index in [0.717, 1.165) is 36.5 Å². The van der Waals surface area contributed by atoms with Crippen LogP contribution in [0.4, 0.5) is 0 Å². The summed E-state index contributed by atoms with van der Waals surface area (Å²) in [6.45, 7) is 5.67. The Kier molecular flexibility index (Phi) is 8.31. The summed E-state index contributed by atoms with van der Waals surface area (Å²) in [6.07, 6.45) is 3.99. The van der Waals surface area contributed by atoms with Crippen molar-refractivity contribution >= 4 is 28.3 Å². The fourth-order valence-corrected chi connectivity index (χ4v) is 4.08. The zero-order valence-electron chi connectivity index (χ0n) is 14.2. The second-order valence-corrected chi connectivity index (χ2v) is 7.46. The topological polar surface area (TPSA) is 42.5 Å². The van der Waals surface area contributed by atoms with Crippen LogP contribution in [-0.4, -0.2) is 44.5 Å². The molecular weight excluding hydrogens is 392 g/mol. The molecule has 0 spiro atoms. The predicted molar refractivity (Wildman–Crippen MR) is 103 cm³/mol. The van der Waals surface area contributed by atoms with Gasteiger partial charge in [-0.2, -0.15) is 0 Å². The number of nitrogens with one attached hydrogen (secondary N) is 2. The minimum Gasteiger partial charge on any atom is -0.488 e. The molecule has 4 unspecified atom stereocenters. The van der Waals surface area contributed by atoms with Gasteiger partial charge in [-0.3, -0.25) is 0 Å². The van der Waals surface area contributed by atoms with Crippen LogP contribution in [0.1, 0.15) is 26.2 Å². The standard InChI is InChI=1S/C18H27BrN2O2.ClH/c1-13(23-18-8-3-2-6-15(18)19)11-21-16-7-4-5-14(16)17-12-22-10-9-20-17;/h2-3,6,8,13-14,16-17,20-21H,4-5,7,9-12H2,1H3;1H. The van der Waals surface area contributed by atoms with Crippen LogP contribution in [0.25, 0.3) is 0 Å². The predicted octanol–water partition coefficient (Wildman–Crippen LogP) is 3.38. The molecule has 0 amide bonds. The number of benzene rings is 1. The van der Waals surface area contributed by atoms with Crippen LogP contribution in [0.15, 0.2) is 28.7 Å². The number of halogens is 2. The minimum absolute atomic E-state index is 0. The van der Waals surface area contributed by atoms with Gasteiger partial charge in [-0.05, 0) is 53.7 Å². The molecule has 2 N–H and O–H groups in total. The lowest BCUT2D eigenvalue weighted by atomic mass is 9.94. The van der Waals surface area contributed by atoms with Crippen molar-refractivity contribution in [1.82, 2.24) is 10.6 Å². The van der Waals surface area contributed by atoms with Gasteiger partial charge in [0.1, 0.15) is 11.9 Å². The Bertz CT molecular complexity index is 500. The Morgan fingerprint density at radius 1 is 1.38 bits per heavy atom. The molecule has 2 aliphatic rings. The van der Waals surface area contributed by atoms with E-state index in [1.807, 2.05) is 24.3 Å². The summed E-state index contributed by atoms with van der Waals surface area (Å²) in [5.74, 6) is 1.58. The molecule has 3 rings (SSSR count). The smallest absolute Gasteiger partial charge is 0.133 e. The molecule has 1 aromatic carbocycles. The average molecular weight is 420 g/mol. The summed E-state index contributed by atoms with van der Waals surface area (Å²) >= 11 is 3.54. The first-order valence-electron chi connectivity index (χ1n) is 8.69. The molecule has 1 aliphatic heterocycles. The van der Waals surface area contributed by atoms with Gasteiger partial charge in [0.05, 0.1) is 17.7 Å². The average Bonchev–Trinajstić information content (AvgIpc) is 3.04. The molecule has 1 aromatic rings. The molecule has 24 heavy (non-hydrogen) atoms. The highest BCUT2D eigenvalue weighted by Crippen LogP contribution is 2.30. The van der Waals surface area contributed by atoms with Gasteiger partial charge in [-0.25, -0.2) is 0 Å². The SMILES string of the molecule is CC(CNC1CCCC1C1COCCN1)Oc1ccccc1Br.Cl. The van der Waals surface area contributed by atoms with Crippen LogP contribution < -0.4 is 15.4 Å². The third-order valence-electron chi connectivity index (χ3n) is 4.87. The summed E-state index contributed by atoms with van der Waals surface area (Å²) in [7, 11) is 0. The summed E-state index contributed by atoms with van der Waals surface area (Å²) in [5.41, 5.74) is 0. The zero-order valence-corrected chi connectivity index (χ0v) is 16.6. The van der Waals surface area contributed by atoms with Crippen LogP contribution in [0.3, 0.4) is 0 Å². The van der Waals surface area contributed by atoms with Crippen molar-refractivity contribution in [3.63, 3.8) is 0 Å². The largest absolute Gasteiger partial charge is 0.488 e. The molecule has 2 fully saturated rings. The Morgan fingerprint density at radius 2 is 2.21 bits per heavy atom. The number of morpholine rings is 1. The van der Waals surface area contributed by atoms with Crippen LogP contribution in [0, 0.1) is 5.92 Å². The highest BCUT2D eigenvalue weighted by atomic mass is 79.9. The zero-order chi connectivity index (χ0) is 16.1. The first-order valence-corrected chi connectivity index (χ1v) is 9.49. The van der Waals surface area contributed by atoms with Crippen molar-refractivity contribution < 1.29 is 9.47 Å². The van der Waals surface area contributed by atoms with Crippen molar-refractivity contribution in [2.45, 2.75) is 44.4 Å². The van der Waals surface area contributed by atoms with Crippen molar-refractivity contribution in [1.29, 1.82) is 0 Å².